The van der Waals surface area contributed by atoms with Gasteiger partial charge in [0.05, 0.1) is 10.9 Å². The van der Waals surface area contributed by atoms with Gasteiger partial charge in [-0.1, -0.05) is 18.9 Å². The highest BCUT2D eigenvalue weighted by molar-refractivity contribution is 8.00. The van der Waals surface area contributed by atoms with Gasteiger partial charge in [0, 0.05) is 16.4 Å². The molecule has 0 aromatic heterocycles. The molecule has 1 aliphatic carbocycles. The molecule has 1 N–H and O–H groups in total. The number of fused-ring (bicyclic) bond motifs is 1. The zero-order chi connectivity index (χ0) is 13.4. The second-order valence-corrected chi connectivity index (χ2v) is 6.69. The minimum absolute atomic E-state index is 0.0166. The molecule has 1 fully saturated rings. The van der Waals surface area contributed by atoms with E-state index in [9.17, 15) is 9.59 Å². The second kappa shape index (κ2) is 5.00. The molecular weight excluding hydrogens is 258 g/mol. The number of carbonyl (C=O) groups excluding carboxylic acids is 2. The van der Waals surface area contributed by atoms with Gasteiger partial charge in [-0.25, -0.2) is 0 Å². The van der Waals surface area contributed by atoms with Crippen LogP contribution in [0.1, 0.15) is 43.0 Å². The van der Waals surface area contributed by atoms with Gasteiger partial charge in [0.1, 0.15) is 0 Å². The van der Waals surface area contributed by atoms with E-state index < -0.39 is 0 Å². The lowest BCUT2D eigenvalue weighted by atomic mass is 9.96. The van der Waals surface area contributed by atoms with Crippen molar-refractivity contribution in [2.45, 2.75) is 42.8 Å². The van der Waals surface area contributed by atoms with Crippen LogP contribution >= 0.6 is 11.8 Å². The smallest absolute Gasteiger partial charge is 0.237 e. The lowest BCUT2D eigenvalue weighted by Crippen LogP contribution is -2.26. The summed E-state index contributed by atoms with van der Waals surface area (Å²) in [5, 5.41) is 2.82. The van der Waals surface area contributed by atoms with Crippen LogP contribution < -0.4 is 5.32 Å². The van der Waals surface area contributed by atoms with E-state index in [1.54, 1.807) is 11.8 Å². The van der Waals surface area contributed by atoms with E-state index in [-0.39, 0.29) is 22.9 Å². The summed E-state index contributed by atoms with van der Waals surface area (Å²) in [4.78, 5) is 25.1. The highest BCUT2D eigenvalue weighted by Crippen LogP contribution is 2.37. The summed E-state index contributed by atoms with van der Waals surface area (Å²) in [7, 11) is 0. The number of benzene rings is 1. The van der Waals surface area contributed by atoms with Crippen LogP contribution in [0.3, 0.4) is 0 Å². The normalized spacial score (nSPS) is 23.0. The van der Waals surface area contributed by atoms with Crippen LogP contribution in [0.2, 0.25) is 0 Å². The zero-order valence-corrected chi connectivity index (χ0v) is 11.8. The Morgan fingerprint density at radius 3 is 2.79 bits per heavy atom. The number of anilines is 1. The molecule has 4 heteroatoms. The molecule has 1 atom stereocenters. The van der Waals surface area contributed by atoms with Crippen molar-refractivity contribution in [2.75, 3.05) is 5.32 Å². The Labute approximate surface area is 117 Å². The molecular formula is C15H17NO2S. The summed E-state index contributed by atoms with van der Waals surface area (Å²) in [5.41, 5.74) is 1.53. The Morgan fingerprint density at radius 1 is 1.32 bits per heavy atom. The molecule has 2 aliphatic rings. The highest BCUT2D eigenvalue weighted by Gasteiger charge is 2.27. The van der Waals surface area contributed by atoms with Crippen LogP contribution in [0.15, 0.2) is 23.1 Å². The average Bonchev–Trinajstić information content (AvgIpc) is 2.93. The molecule has 1 amide bonds. The van der Waals surface area contributed by atoms with Crippen molar-refractivity contribution in [1.29, 1.82) is 0 Å². The molecule has 1 unspecified atom stereocenters. The summed E-state index contributed by atoms with van der Waals surface area (Å²) >= 11 is 1.55. The summed E-state index contributed by atoms with van der Waals surface area (Å²) in [5.74, 6) is 0.435. The van der Waals surface area contributed by atoms with Gasteiger partial charge in [-0.3, -0.25) is 9.59 Å². The first-order chi connectivity index (χ1) is 9.15. The number of hydrogen-bond donors (Lipinski definition) is 1. The summed E-state index contributed by atoms with van der Waals surface area (Å²) in [6.07, 6.45) is 4.33. The number of amides is 1. The van der Waals surface area contributed by atoms with E-state index in [4.69, 9.17) is 0 Å². The van der Waals surface area contributed by atoms with Crippen molar-refractivity contribution in [1.82, 2.24) is 0 Å². The Morgan fingerprint density at radius 2 is 2.05 bits per heavy atom. The number of hydrogen-bond acceptors (Lipinski definition) is 3. The fourth-order valence-electron chi connectivity index (χ4n) is 2.79. The van der Waals surface area contributed by atoms with Gasteiger partial charge >= 0.3 is 0 Å². The van der Waals surface area contributed by atoms with E-state index in [0.717, 1.165) is 41.8 Å². The Bertz CT molecular complexity index is 535. The molecule has 1 aromatic rings. The average molecular weight is 275 g/mol. The van der Waals surface area contributed by atoms with Gasteiger partial charge in [0.2, 0.25) is 5.91 Å². The van der Waals surface area contributed by atoms with Gasteiger partial charge in [0.25, 0.3) is 0 Å². The maximum atomic E-state index is 12.4. The molecule has 3 rings (SSSR count). The monoisotopic (exact) mass is 275 g/mol. The molecule has 100 valence electrons. The third-order valence-electron chi connectivity index (χ3n) is 3.92. The van der Waals surface area contributed by atoms with Gasteiger partial charge in [-0.2, -0.15) is 0 Å². The number of carbonyl (C=O) groups is 2. The topological polar surface area (TPSA) is 46.2 Å². The number of nitrogens with one attached hydrogen (secondary N) is 1. The Kier molecular flexibility index (Phi) is 3.35. The van der Waals surface area contributed by atoms with Gasteiger partial charge in [-0.15, -0.1) is 11.8 Å². The van der Waals surface area contributed by atoms with Crippen molar-refractivity contribution in [3.8, 4) is 0 Å². The lowest BCUT2D eigenvalue weighted by molar-refractivity contribution is -0.115. The van der Waals surface area contributed by atoms with E-state index in [1.165, 1.54) is 0 Å². The van der Waals surface area contributed by atoms with E-state index in [0.29, 0.717) is 0 Å². The fourth-order valence-corrected chi connectivity index (χ4v) is 3.72. The summed E-state index contributed by atoms with van der Waals surface area (Å²) in [6.45, 7) is 1.89. The first kappa shape index (κ1) is 12.7. The standard InChI is InChI=1S/C15H17NO2S/c1-9-15(18)16-12-8-11(6-7-13(12)19-9)14(17)10-4-2-3-5-10/h6-10H,2-5H2,1H3,(H,16,18). The molecule has 19 heavy (non-hydrogen) atoms. The molecule has 3 nitrogen and oxygen atoms in total. The fraction of sp³-hybridized carbons (Fsp3) is 0.467. The SMILES string of the molecule is CC1Sc2ccc(C(=O)C3CCCC3)cc2NC1=O. The molecule has 1 aliphatic heterocycles. The minimum atomic E-state index is -0.0658. The molecule has 0 spiro atoms. The third-order valence-corrected chi connectivity index (χ3v) is 5.10. The van der Waals surface area contributed by atoms with Gasteiger partial charge < -0.3 is 5.32 Å². The number of ketones is 1. The second-order valence-electron chi connectivity index (χ2n) is 5.31. The van der Waals surface area contributed by atoms with E-state index in [2.05, 4.69) is 5.32 Å². The van der Waals surface area contributed by atoms with Crippen LogP contribution in [0.4, 0.5) is 5.69 Å². The van der Waals surface area contributed by atoms with Gasteiger partial charge in [0.15, 0.2) is 5.78 Å². The van der Waals surface area contributed by atoms with Gasteiger partial charge in [-0.05, 0) is 31.9 Å². The van der Waals surface area contributed by atoms with Crippen LogP contribution in [-0.2, 0) is 4.79 Å². The number of thioether (sulfide) groups is 1. The van der Waals surface area contributed by atoms with E-state index in [1.807, 2.05) is 25.1 Å². The Hall–Kier alpha value is -1.29. The van der Waals surface area contributed by atoms with Crippen molar-refractivity contribution in [2.24, 2.45) is 5.92 Å². The number of rotatable bonds is 2. The maximum absolute atomic E-state index is 12.4. The zero-order valence-electron chi connectivity index (χ0n) is 10.9. The molecule has 0 radical (unpaired) electrons. The quantitative estimate of drug-likeness (QED) is 0.840. The van der Waals surface area contributed by atoms with Crippen molar-refractivity contribution >= 4 is 29.1 Å². The van der Waals surface area contributed by atoms with Crippen molar-refractivity contribution in [3.63, 3.8) is 0 Å². The largest absolute Gasteiger partial charge is 0.324 e. The van der Waals surface area contributed by atoms with Crippen LogP contribution in [0.5, 0.6) is 0 Å². The minimum Gasteiger partial charge on any atom is -0.324 e. The van der Waals surface area contributed by atoms with Crippen LogP contribution in [-0.4, -0.2) is 16.9 Å². The summed E-state index contributed by atoms with van der Waals surface area (Å²) in [6, 6.07) is 5.70. The first-order valence-corrected chi connectivity index (χ1v) is 7.69. The molecule has 1 heterocycles. The lowest BCUT2D eigenvalue weighted by Gasteiger charge is -2.22. The predicted molar refractivity (Wildman–Crippen MR) is 76.7 cm³/mol. The van der Waals surface area contributed by atoms with Crippen molar-refractivity contribution < 1.29 is 9.59 Å². The first-order valence-electron chi connectivity index (χ1n) is 6.81. The molecule has 1 aromatic carbocycles. The third kappa shape index (κ3) is 2.41. The summed E-state index contributed by atoms with van der Waals surface area (Å²) < 4.78 is 0. The molecule has 0 bridgehead atoms. The molecule has 0 saturated heterocycles. The van der Waals surface area contributed by atoms with Crippen molar-refractivity contribution in [3.05, 3.63) is 23.8 Å². The van der Waals surface area contributed by atoms with Crippen LogP contribution in [0.25, 0.3) is 0 Å². The number of Topliss-reactive ketones (excluding diaryl/α,β-unsaturated/α-hetero) is 1. The Balaban J connectivity index is 1.87. The predicted octanol–water partition coefficient (Wildman–Crippen LogP) is 3.49. The molecule has 1 saturated carbocycles. The highest BCUT2D eigenvalue weighted by atomic mass is 32.2. The van der Waals surface area contributed by atoms with E-state index >= 15 is 0 Å². The maximum Gasteiger partial charge on any atom is 0.237 e. The van der Waals surface area contributed by atoms with Crippen LogP contribution in [0, 0.1) is 5.92 Å².